The number of nitrogens with zero attached hydrogens (tertiary/aromatic N) is 2. The number of thiazole rings is 1. The van der Waals surface area contributed by atoms with Crippen LogP contribution >= 0.6 is 22.9 Å². The fourth-order valence-electron chi connectivity index (χ4n) is 2.06. The highest BCUT2D eigenvalue weighted by atomic mass is 35.5. The molecule has 1 aromatic carbocycles. The number of benzene rings is 1. The van der Waals surface area contributed by atoms with E-state index in [9.17, 15) is 0 Å². The lowest BCUT2D eigenvalue weighted by Gasteiger charge is -2.14. The van der Waals surface area contributed by atoms with Crippen LogP contribution in [0.15, 0.2) is 42.0 Å². The first-order valence-electron chi connectivity index (χ1n) is 6.13. The molecule has 0 saturated carbocycles. The van der Waals surface area contributed by atoms with Gasteiger partial charge in [0.15, 0.2) is 4.96 Å². The van der Waals surface area contributed by atoms with Crippen LogP contribution in [-0.4, -0.2) is 9.38 Å². The maximum atomic E-state index is 6.19. The van der Waals surface area contributed by atoms with E-state index in [4.69, 9.17) is 11.6 Å². The number of nitrogens with one attached hydrogen (secondary N) is 1. The summed E-state index contributed by atoms with van der Waals surface area (Å²) in [6, 6.07) is 8.12. The molecule has 19 heavy (non-hydrogen) atoms. The van der Waals surface area contributed by atoms with Crippen LogP contribution in [0, 0.1) is 0 Å². The van der Waals surface area contributed by atoms with Crippen LogP contribution in [0.1, 0.15) is 24.2 Å². The summed E-state index contributed by atoms with van der Waals surface area (Å²) in [5.41, 5.74) is 2.16. The van der Waals surface area contributed by atoms with Gasteiger partial charge in [0.2, 0.25) is 0 Å². The molecule has 0 aliphatic carbocycles. The minimum Gasteiger partial charge on any atom is -0.304 e. The monoisotopic (exact) mass is 291 g/mol. The molecular formula is C14H14ClN3S. The fraction of sp³-hybridized carbons (Fsp3) is 0.214. The molecule has 0 saturated heterocycles. The number of aromatic nitrogens is 2. The molecule has 2 heterocycles. The van der Waals surface area contributed by atoms with Crippen molar-refractivity contribution in [3.63, 3.8) is 0 Å². The normalized spacial score (nSPS) is 12.9. The molecule has 1 unspecified atom stereocenters. The molecular weight excluding hydrogens is 278 g/mol. The Kier molecular flexibility index (Phi) is 3.55. The Morgan fingerprint density at radius 2 is 2.26 bits per heavy atom. The van der Waals surface area contributed by atoms with E-state index in [1.165, 1.54) is 0 Å². The zero-order chi connectivity index (χ0) is 13.2. The van der Waals surface area contributed by atoms with Gasteiger partial charge in [0, 0.05) is 35.4 Å². The van der Waals surface area contributed by atoms with E-state index in [2.05, 4.69) is 23.4 Å². The third-order valence-corrected chi connectivity index (χ3v) is 4.22. The van der Waals surface area contributed by atoms with Gasteiger partial charge in [-0.1, -0.05) is 29.8 Å². The van der Waals surface area contributed by atoms with Crippen LogP contribution in [0.2, 0.25) is 5.02 Å². The Morgan fingerprint density at radius 3 is 3.05 bits per heavy atom. The maximum absolute atomic E-state index is 6.19. The molecule has 0 fully saturated rings. The van der Waals surface area contributed by atoms with Gasteiger partial charge in [-0.05, 0) is 18.6 Å². The Bertz CT molecular complexity index is 660. The Labute approximate surface area is 120 Å². The number of halogens is 1. The average molecular weight is 292 g/mol. The van der Waals surface area contributed by atoms with E-state index >= 15 is 0 Å². The van der Waals surface area contributed by atoms with Gasteiger partial charge in [0.05, 0.1) is 5.69 Å². The third-order valence-electron chi connectivity index (χ3n) is 3.10. The van der Waals surface area contributed by atoms with Gasteiger partial charge in [-0.25, -0.2) is 4.98 Å². The lowest BCUT2D eigenvalue weighted by atomic mass is 10.1. The van der Waals surface area contributed by atoms with Crippen molar-refractivity contribution in [2.75, 3.05) is 0 Å². The molecule has 1 N–H and O–H groups in total. The van der Waals surface area contributed by atoms with Crippen LogP contribution in [0.25, 0.3) is 4.96 Å². The van der Waals surface area contributed by atoms with Crippen molar-refractivity contribution in [2.24, 2.45) is 0 Å². The SMILES string of the molecule is CC(NCc1cn2ccsc2n1)c1ccccc1Cl. The molecule has 0 amide bonds. The summed E-state index contributed by atoms with van der Waals surface area (Å²) >= 11 is 7.83. The molecule has 5 heteroatoms. The third kappa shape index (κ3) is 2.66. The molecule has 3 rings (SSSR count). The number of hydrogen-bond donors (Lipinski definition) is 1. The number of imidazole rings is 1. The van der Waals surface area contributed by atoms with Gasteiger partial charge in [-0.15, -0.1) is 11.3 Å². The second-order valence-corrected chi connectivity index (χ2v) is 5.73. The van der Waals surface area contributed by atoms with Crippen molar-refractivity contribution >= 4 is 27.9 Å². The molecule has 3 aromatic rings. The maximum Gasteiger partial charge on any atom is 0.193 e. The molecule has 2 aromatic heterocycles. The summed E-state index contributed by atoms with van der Waals surface area (Å²) in [5, 5.41) is 6.28. The van der Waals surface area contributed by atoms with Crippen molar-refractivity contribution in [3.8, 4) is 0 Å². The standard InChI is InChI=1S/C14H14ClN3S/c1-10(12-4-2-3-5-13(12)15)16-8-11-9-18-6-7-19-14(18)17-11/h2-7,9-10,16H,8H2,1H3. The summed E-state index contributed by atoms with van der Waals surface area (Å²) in [5.74, 6) is 0. The van der Waals surface area contributed by atoms with Crippen LogP contribution < -0.4 is 5.32 Å². The van der Waals surface area contributed by atoms with Crippen molar-refractivity contribution in [2.45, 2.75) is 19.5 Å². The summed E-state index contributed by atoms with van der Waals surface area (Å²) in [6.07, 6.45) is 4.08. The molecule has 0 radical (unpaired) electrons. The molecule has 0 aliphatic rings. The molecule has 98 valence electrons. The van der Waals surface area contributed by atoms with Crippen molar-refractivity contribution in [3.05, 3.63) is 58.3 Å². The van der Waals surface area contributed by atoms with Crippen LogP contribution in [0.3, 0.4) is 0 Å². The molecule has 0 aliphatic heterocycles. The second kappa shape index (κ2) is 5.33. The highest BCUT2D eigenvalue weighted by Gasteiger charge is 2.09. The zero-order valence-electron chi connectivity index (χ0n) is 10.5. The van der Waals surface area contributed by atoms with Crippen molar-refractivity contribution in [1.29, 1.82) is 0 Å². The van der Waals surface area contributed by atoms with E-state index in [0.29, 0.717) is 0 Å². The van der Waals surface area contributed by atoms with Gasteiger partial charge in [0.25, 0.3) is 0 Å². The second-order valence-electron chi connectivity index (χ2n) is 4.45. The van der Waals surface area contributed by atoms with E-state index in [1.807, 2.05) is 40.2 Å². The van der Waals surface area contributed by atoms with Gasteiger partial charge < -0.3 is 5.32 Å². The minimum atomic E-state index is 0.202. The Morgan fingerprint density at radius 1 is 1.42 bits per heavy atom. The topological polar surface area (TPSA) is 29.3 Å². The molecule has 0 bridgehead atoms. The average Bonchev–Trinajstić information content (AvgIpc) is 2.97. The van der Waals surface area contributed by atoms with E-state index in [1.54, 1.807) is 11.3 Å². The van der Waals surface area contributed by atoms with Gasteiger partial charge >= 0.3 is 0 Å². The van der Waals surface area contributed by atoms with Gasteiger partial charge in [-0.3, -0.25) is 4.40 Å². The van der Waals surface area contributed by atoms with Crippen LogP contribution in [0.4, 0.5) is 0 Å². The van der Waals surface area contributed by atoms with E-state index in [-0.39, 0.29) is 6.04 Å². The van der Waals surface area contributed by atoms with Gasteiger partial charge in [-0.2, -0.15) is 0 Å². The van der Waals surface area contributed by atoms with Crippen molar-refractivity contribution < 1.29 is 0 Å². The quantitative estimate of drug-likeness (QED) is 0.790. The van der Waals surface area contributed by atoms with Gasteiger partial charge in [0.1, 0.15) is 0 Å². The van der Waals surface area contributed by atoms with Crippen LogP contribution in [0.5, 0.6) is 0 Å². The molecule has 1 atom stereocenters. The smallest absolute Gasteiger partial charge is 0.193 e. The highest BCUT2D eigenvalue weighted by Crippen LogP contribution is 2.22. The zero-order valence-corrected chi connectivity index (χ0v) is 12.1. The summed E-state index contributed by atoms with van der Waals surface area (Å²) in [4.78, 5) is 5.58. The van der Waals surface area contributed by atoms with E-state index in [0.717, 1.165) is 27.8 Å². The van der Waals surface area contributed by atoms with Crippen LogP contribution in [-0.2, 0) is 6.54 Å². The molecule has 3 nitrogen and oxygen atoms in total. The highest BCUT2D eigenvalue weighted by molar-refractivity contribution is 7.15. The Hall–Kier alpha value is -1.36. The lowest BCUT2D eigenvalue weighted by Crippen LogP contribution is -2.18. The molecule has 0 spiro atoms. The number of fused-ring (bicyclic) bond motifs is 1. The first-order chi connectivity index (χ1) is 9.24. The van der Waals surface area contributed by atoms with E-state index < -0.39 is 0 Å². The lowest BCUT2D eigenvalue weighted by molar-refractivity contribution is 0.569. The minimum absolute atomic E-state index is 0.202. The largest absolute Gasteiger partial charge is 0.304 e. The predicted octanol–water partition coefficient (Wildman–Crippen LogP) is 3.90. The summed E-state index contributed by atoms with van der Waals surface area (Å²) < 4.78 is 2.04. The number of hydrogen-bond acceptors (Lipinski definition) is 3. The summed E-state index contributed by atoms with van der Waals surface area (Å²) in [7, 11) is 0. The van der Waals surface area contributed by atoms with Crippen molar-refractivity contribution in [1.82, 2.24) is 14.7 Å². The first kappa shape index (κ1) is 12.7. The number of rotatable bonds is 4. The Balaban J connectivity index is 1.69. The fourth-order valence-corrected chi connectivity index (χ4v) is 3.07. The predicted molar refractivity (Wildman–Crippen MR) is 79.8 cm³/mol. The first-order valence-corrected chi connectivity index (χ1v) is 7.38. The summed E-state index contributed by atoms with van der Waals surface area (Å²) in [6.45, 7) is 2.85.